The second-order valence-electron chi connectivity index (χ2n) is 3.69. The van der Waals surface area contributed by atoms with Crippen LogP contribution in [0.5, 0.6) is 11.5 Å². The van der Waals surface area contributed by atoms with Gasteiger partial charge in [-0.3, -0.25) is 0 Å². The molecule has 0 radical (unpaired) electrons. The van der Waals surface area contributed by atoms with Gasteiger partial charge in [0, 0.05) is 5.56 Å². The lowest BCUT2D eigenvalue weighted by Crippen LogP contribution is -2.08. The third-order valence-electron chi connectivity index (χ3n) is 2.71. The summed E-state index contributed by atoms with van der Waals surface area (Å²) in [5, 5.41) is 9.91. The lowest BCUT2D eigenvalue weighted by Gasteiger charge is -2.15. The molecule has 0 saturated heterocycles. The molecule has 1 aliphatic rings. The van der Waals surface area contributed by atoms with E-state index in [9.17, 15) is 9.50 Å². The van der Waals surface area contributed by atoms with Crippen LogP contribution in [0.3, 0.4) is 0 Å². The van der Waals surface area contributed by atoms with Crippen LogP contribution in [-0.2, 0) is 5.60 Å². The molecule has 0 bridgehead atoms. The fourth-order valence-electron chi connectivity index (χ4n) is 1.65. The highest BCUT2D eigenvalue weighted by Gasteiger charge is 2.45. The lowest BCUT2D eigenvalue weighted by atomic mass is 10.1. The first-order chi connectivity index (χ1) is 7.12. The second kappa shape index (κ2) is 3.38. The zero-order valence-electron chi connectivity index (χ0n) is 8.71. The van der Waals surface area contributed by atoms with Crippen molar-refractivity contribution in [3.63, 3.8) is 0 Å². The highest BCUT2D eigenvalue weighted by Crippen LogP contribution is 2.50. The number of aliphatic hydroxyl groups is 1. The predicted octanol–water partition coefficient (Wildman–Crippen LogP) is 1.82. The van der Waals surface area contributed by atoms with Gasteiger partial charge >= 0.3 is 0 Å². The SMILES string of the molecule is COc1ccc(C2(O)CC2)c(OC)c1F. The normalized spacial score (nSPS) is 17.3. The Morgan fingerprint density at radius 1 is 1.27 bits per heavy atom. The Morgan fingerprint density at radius 2 is 1.93 bits per heavy atom. The highest BCUT2D eigenvalue weighted by atomic mass is 19.1. The van der Waals surface area contributed by atoms with E-state index in [-0.39, 0.29) is 11.5 Å². The van der Waals surface area contributed by atoms with Crippen molar-refractivity contribution in [3.8, 4) is 11.5 Å². The monoisotopic (exact) mass is 212 g/mol. The van der Waals surface area contributed by atoms with Crippen molar-refractivity contribution in [2.75, 3.05) is 14.2 Å². The molecule has 3 nitrogen and oxygen atoms in total. The van der Waals surface area contributed by atoms with Crippen LogP contribution in [0.4, 0.5) is 4.39 Å². The summed E-state index contributed by atoms with van der Waals surface area (Å²) in [7, 11) is 2.77. The lowest BCUT2D eigenvalue weighted by molar-refractivity contribution is 0.146. The number of benzene rings is 1. The van der Waals surface area contributed by atoms with Gasteiger partial charge in [0.1, 0.15) is 0 Å². The van der Waals surface area contributed by atoms with E-state index in [0.717, 1.165) is 0 Å². The first-order valence-corrected chi connectivity index (χ1v) is 4.76. The van der Waals surface area contributed by atoms with Crippen molar-refractivity contribution in [1.29, 1.82) is 0 Å². The molecule has 2 rings (SSSR count). The number of hydrogen-bond donors (Lipinski definition) is 1. The van der Waals surface area contributed by atoms with Crippen molar-refractivity contribution in [3.05, 3.63) is 23.5 Å². The molecule has 0 aliphatic heterocycles. The Balaban J connectivity index is 2.52. The summed E-state index contributed by atoms with van der Waals surface area (Å²) in [6, 6.07) is 3.15. The molecule has 0 aromatic heterocycles. The molecule has 1 aromatic rings. The largest absolute Gasteiger partial charge is 0.494 e. The molecule has 4 heteroatoms. The third kappa shape index (κ3) is 1.55. The Hall–Kier alpha value is -1.29. The molecule has 1 N–H and O–H groups in total. The summed E-state index contributed by atoms with van der Waals surface area (Å²) >= 11 is 0. The van der Waals surface area contributed by atoms with E-state index in [2.05, 4.69) is 0 Å². The molecule has 1 saturated carbocycles. The van der Waals surface area contributed by atoms with E-state index in [1.54, 1.807) is 6.07 Å². The van der Waals surface area contributed by atoms with Gasteiger partial charge in [0.2, 0.25) is 5.82 Å². The number of halogens is 1. The Bertz CT molecular complexity index is 386. The van der Waals surface area contributed by atoms with Crippen molar-refractivity contribution < 1.29 is 19.0 Å². The minimum Gasteiger partial charge on any atom is -0.494 e. The average molecular weight is 212 g/mol. The average Bonchev–Trinajstić information content (AvgIpc) is 2.97. The van der Waals surface area contributed by atoms with E-state index in [1.807, 2.05) is 0 Å². The van der Waals surface area contributed by atoms with Crippen LogP contribution in [0.1, 0.15) is 18.4 Å². The summed E-state index contributed by atoms with van der Waals surface area (Å²) in [5.74, 6) is -0.355. The molecular weight excluding hydrogens is 199 g/mol. The summed E-state index contributed by atoms with van der Waals surface area (Å²) in [4.78, 5) is 0. The summed E-state index contributed by atoms with van der Waals surface area (Å²) in [6.45, 7) is 0. The van der Waals surface area contributed by atoms with Crippen molar-refractivity contribution in [2.24, 2.45) is 0 Å². The first kappa shape index (κ1) is 10.2. The van der Waals surface area contributed by atoms with Crippen LogP contribution >= 0.6 is 0 Å². The molecule has 1 fully saturated rings. The highest BCUT2D eigenvalue weighted by molar-refractivity contribution is 5.47. The zero-order chi connectivity index (χ0) is 11.1. The molecule has 82 valence electrons. The molecule has 1 aromatic carbocycles. The second-order valence-corrected chi connectivity index (χ2v) is 3.69. The van der Waals surface area contributed by atoms with Crippen molar-refractivity contribution in [1.82, 2.24) is 0 Å². The fraction of sp³-hybridized carbons (Fsp3) is 0.455. The van der Waals surface area contributed by atoms with E-state index in [4.69, 9.17) is 9.47 Å². The molecule has 1 aliphatic carbocycles. The van der Waals surface area contributed by atoms with Gasteiger partial charge in [-0.05, 0) is 25.0 Å². The topological polar surface area (TPSA) is 38.7 Å². The van der Waals surface area contributed by atoms with Gasteiger partial charge in [0.25, 0.3) is 0 Å². The maximum absolute atomic E-state index is 13.7. The number of ether oxygens (including phenoxy) is 2. The number of methoxy groups -OCH3 is 2. The Kier molecular flexibility index (Phi) is 2.31. The Labute approximate surface area is 87.4 Å². The Morgan fingerprint density at radius 3 is 2.40 bits per heavy atom. The van der Waals surface area contributed by atoms with E-state index in [0.29, 0.717) is 18.4 Å². The van der Waals surface area contributed by atoms with Crippen LogP contribution in [0.25, 0.3) is 0 Å². The number of hydrogen-bond acceptors (Lipinski definition) is 3. The van der Waals surface area contributed by atoms with Gasteiger partial charge in [-0.25, -0.2) is 0 Å². The minimum atomic E-state index is -0.904. The van der Waals surface area contributed by atoms with Crippen LogP contribution in [0, 0.1) is 5.82 Å². The van der Waals surface area contributed by atoms with Gasteiger partial charge in [0.15, 0.2) is 11.5 Å². The van der Waals surface area contributed by atoms with Gasteiger partial charge < -0.3 is 14.6 Å². The quantitative estimate of drug-likeness (QED) is 0.830. The van der Waals surface area contributed by atoms with Gasteiger partial charge in [0.05, 0.1) is 19.8 Å². The van der Waals surface area contributed by atoms with E-state index < -0.39 is 11.4 Å². The zero-order valence-corrected chi connectivity index (χ0v) is 8.71. The molecule has 0 heterocycles. The van der Waals surface area contributed by atoms with Crippen molar-refractivity contribution >= 4 is 0 Å². The fourth-order valence-corrected chi connectivity index (χ4v) is 1.65. The number of rotatable bonds is 3. The van der Waals surface area contributed by atoms with Crippen LogP contribution in [-0.4, -0.2) is 19.3 Å². The first-order valence-electron chi connectivity index (χ1n) is 4.76. The predicted molar refractivity (Wildman–Crippen MR) is 52.6 cm³/mol. The summed E-state index contributed by atoms with van der Waals surface area (Å²) < 4.78 is 23.5. The van der Waals surface area contributed by atoms with Gasteiger partial charge in [-0.2, -0.15) is 4.39 Å². The van der Waals surface area contributed by atoms with Crippen LogP contribution in [0.15, 0.2) is 12.1 Å². The maximum Gasteiger partial charge on any atom is 0.207 e. The third-order valence-corrected chi connectivity index (χ3v) is 2.71. The molecular formula is C11H13FO3. The molecule has 0 spiro atoms. The van der Waals surface area contributed by atoms with Crippen LogP contribution in [0.2, 0.25) is 0 Å². The van der Waals surface area contributed by atoms with E-state index in [1.165, 1.54) is 20.3 Å². The molecule has 0 amide bonds. The minimum absolute atomic E-state index is 0.0781. The summed E-state index contributed by atoms with van der Waals surface area (Å²) in [6.07, 6.45) is 1.30. The summed E-state index contributed by atoms with van der Waals surface area (Å²) in [5.41, 5.74) is -0.401. The van der Waals surface area contributed by atoms with Crippen LogP contribution < -0.4 is 9.47 Å². The van der Waals surface area contributed by atoms with Crippen molar-refractivity contribution in [2.45, 2.75) is 18.4 Å². The standard InChI is InChI=1S/C11H13FO3/c1-14-8-4-3-7(11(13)5-6-11)10(15-2)9(8)12/h3-4,13H,5-6H2,1-2H3. The molecule has 0 atom stereocenters. The maximum atomic E-state index is 13.7. The van der Waals surface area contributed by atoms with Gasteiger partial charge in [-0.1, -0.05) is 0 Å². The van der Waals surface area contributed by atoms with E-state index >= 15 is 0 Å². The smallest absolute Gasteiger partial charge is 0.207 e. The molecule has 0 unspecified atom stereocenters. The molecule has 15 heavy (non-hydrogen) atoms. The van der Waals surface area contributed by atoms with Gasteiger partial charge in [-0.15, -0.1) is 0 Å².